The van der Waals surface area contributed by atoms with E-state index in [-0.39, 0.29) is 0 Å². The van der Waals surface area contributed by atoms with Gasteiger partial charge in [-0.05, 0) is 45.5 Å². The Bertz CT molecular complexity index is 1210. The van der Waals surface area contributed by atoms with Crippen LogP contribution in [0.2, 0.25) is 10.0 Å². The molecule has 0 heterocycles. The first-order valence-electron chi connectivity index (χ1n) is 9.68. The van der Waals surface area contributed by atoms with Crippen molar-refractivity contribution < 1.29 is 4.74 Å². The summed E-state index contributed by atoms with van der Waals surface area (Å²) in [6, 6.07) is 24.9. The average molecular weight is 415 g/mol. The van der Waals surface area contributed by atoms with Gasteiger partial charge in [-0.25, -0.2) is 0 Å². The molecule has 0 radical (unpaired) electrons. The first-order chi connectivity index (χ1) is 14.2. The third-order valence-corrected chi connectivity index (χ3v) is 6.57. The fourth-order valence-corrected chi connectivity index (χ4v) is 5.06. The molecule has 0 saturated heterocycles. The molecule has 1 nitrogen and oxygen atoms in total. The molecule has 29 heavy (non-hydrogen) atoms. The van der Waals surface area contributed by atoms with Crippen LogP contribution in [0, 0.1) is 0 Å². The molecule has 3 heteroatoms. The molecule has 0 N–H and O–H groups in total. The van der Waals surface area contributed by atoms with E-state index >= 15 is 0 Å². The number of hydrogen-bond donors (Lipinski definition) is 0. The zero-order valence-electron chi connectivity index (χ0n) is 15.5. The number of benzene rings is 4. The third-order valence-electron chi connectivity index (χ3n) is 5.98. The van der Waals surface area contributed by atoms with E-state index in [1.165, 1.54) is 33.4 Å². The van der Waals surface area contributed by atoms with Gasteiger partial charge in [0.1, 0.15) is 11.5 Å². The van der Waals surface area contributed by atoms with Gasteiger partial charge in [-0.2, -0.15) is 0 Å². The molecule has 0 aromatic heterocycles. The largest absolute Gasteiger partial charge is 0.454 e. The molecule has 0 amide bonds. The Morgan fingerprint density at radius 1 is 0.517 bits per heavy atom. The molecule has 4 aromatic carbocycles. The highest BCUT2D eigenvalue weighted by Gasteiger charge is 2.27. The Morgan fingerprint density at radius 2 is 0.966 bits per heavy atom. The molecule has 0 aliphatic heterocycles. The molecule has 0 saturated carbocycles. The summed E-state index contributed by atoms with van der Waals surface area (Å²) in [4.78, 5) is 0. The summed E-state index contributed by atoms with van der Waals surface area (Å²) < 4.78 is 6.52. The Hall–Kier alpha value is -2.74. The first-order valence-corrected chi connectivity index (χ1v) is 10.4. The van der Waals surface area contributed by atoms with Gasteiger partial charge >= 0.3 is 0 Å². The maximum atomic E-state index is 6.63. The molecular formula is C26H16Cl2O. The van der Waals surface area contributed by atoms with Crippen molar-refractivity contribution in [3.8, 4) is 33.8 Å². The molecular weight excluding hydrogens is 399 g/mol. The quantitative estimate of drug-likeness (QED) is 0.279. The molecule has 0 unspecified atom stereocenters. The summed E-state index contributed by atoms with van der Waals surface area (Å²) in [5, 5.41) is 1.22. The smallest absolute Gasteiger partial charge is 0.150 e. The van der Waals surface area contributed by atoms with Gasteiger partial charge in [-0.15, -0.1) is 0 Å². The lowest BCUT2D eigenvalue weighted by atomic mass is 10.0. The van der Waals surface area contributed by atoms with E-state index < -0.39 is 0 Å². The van der Waals surface area contributed by atoms with Crippen LogP contribution in [-0.2, 0) is 12.8 Å². The standard InChI is InChI=1S/C26H16Cl2O/c27-23-11-9-19-17-7-3-1-5-15(17)13-21(19)25(23)29-26-22-14-16-6-2-4-8-18(16)20(22)10-12-24(26)28/h1-12H,13-14H2. The minimum Gasteiger partial charge on any atom is -0.454 e. The van der Waals surface area contributed by atoms with E-state index in [2.05, 4.69) is 60.7 Å². The van der Waals surface area contributed by atoms with Gasteiger partial charge < -0.3 is 4.74 Å². The molecule has 0 bridgehead atoms. The van der Waals surface area contributed by atoms with E-state index in [0.29, 0.717) is 21.5 Å². The van der Waals surface area contributed by atoms with Gasteiger partial charge in [0.25, 0.3) is 0 Å². The second-order valence-electron chi connectivity index (χ2n) is 7.58. The second-order valence-corrected chi connectivity index (χ2v) is 8.39. The lowest BCUT2D eigenvalue weighted by molar-refractivity contribution is 0.474. The van der Waals surface area contributed by atoms with Crippen LogP contribution in [0.3, 0.4) is 0 Å². The maximum Gasteiger partial charge on any atom is 0.150 e. The molecule has 6 rings (SSSR count). The number of hydrogen-bond acceptors (Lipinski definition) is 1. The van der Waals surface area contributed by atoms with Crippen LogP contribution in [-0.4, -0.2) is 0 Å². The van der Waals surface area contributed by atoms with Crippen molar-refractivity contribution >= 4 is 23.2 Å². The van der Waals surface area contributed by atoms with E-state index in [0.717, 1.165) is 24.0 Å². The molecule has 0 fully saturated rings. The fraction of sp³-hybridized carbons (Fsp3) is 0.0769. The highest BCUT2D eigenvalue weighted by molar-refractivity contribution is 6.33. The fourth-order valence-electron chi connectivity index (χ4n) is 4.63. The van der Waals surface area contributed by atoms with Crippen molar-refractivity contribution in [1.82, 2.24) is 0 Å². The topological polar surface area (TPSA) is 9.23 Å². The van der Waals surface area contributed by atoms with Crippen molar-refractivity contribution in [2.75, 3.05) is 0 Å². The Balaban J connectivity index is 1.49. The van der Waals surface area contributed by atoms with Crippen LogP contribution in [0.5, 0.6) is 11.5 Å². The van der Waals surface area contributed by atoms with Crippen molar-refractivity contribution in [3.05, 3.63) is 105 Å². The molecule has 4 aromatic rings. The van der Waals surface area contributed by atoms with Gasteiger partial charge in [0.05, 0.1) is 10.0 Å². The van der Waals surface area contributed by atoms with Crippen LogP contribution in [0.4, 0.5) is 0 Å². The lowest BCUT2D eigenvalue weighted by Crippen LogP contribution is -1.96. The summed E-state index contributed by atoms with van der Waals surface area (Å²) in [7, 11) is 0. The number of fused-ring (bicyclic) bond motifs is 6. The summed E-state index contributed by atoms with van der Waals surface area (Å²) in [6.07, 6.45) is 1.63. The van der Waals surface area contributed by atoms with E-state index in [9.17, 15) is 0 Å². The highest BCUT2D eigenvalue weighted by Crippen LogP contribution is 2.50. The van der Waals surface area contributed by atoms with E-state index in [4.69, 9.17) is 27.9 Å². The summed E-state index contributed by atoms with van der Waals surface area (Å²) in [5.74, 6) is 1.43. The van der Waals surface area contributed by atoms with E-state index in [1.54, 1.807) is 0 Å². The molecule has 0 spiro atoms. The third kappa shape index (κ3) is 2.55. The zero-order chi connectivity index (χ0) is 19.5. The summed E-state index contributed by atoms with van der Waals surface area (Å²) in [5.41, 5.74) is 9.73. The van der Waals surface area contributed by atoms with E-state index in [1.807, 2.05) is 12.1 Å². The minimum atomic E-state index is 0.612. The summed E-state index contributed by atoms with van der Waals surface area (Å²) in [6.45, 7) is 0. The molecule has 140 valence electrons. The monoisotopic (exact) mass is 414 g/mol. The van der Waals surface area contributed by atoms with Crippen LogP contribution >= 0.6 is 23.2 Å². The predicted molar refractivity (Wildman–Crippen MR) is 119 cm³/mol. The number of halogens is 2. The van der Waals surface area contributed by atoms with Gasteiger partial charge in [-0.1, -0.05) is 83.9 Å². The van der Waals surface area contributed by atoms with Crippen LogP contribution in [0.25, 0.3) is 22.3 Å². The van der Waals surface area contributed by atoms with Gasteiger partial charge in [0.2, 0.25) is 0 Å². The Morgan fingerprint density at radius 3 is 1.45 bits per heavy atom. The van der Waals surface area contributed by atoms with Crippen molar-refractivity contribution in [3.63, 3.8) is 0 Å². The zero-order valence-corrected chi connectivity index (χ0v) is 17.0. The van der Waals surface area contributed by atoms with Gasteiger partial charge in [0, 0.05) is 24.0 Å². The van der Waals surface area contributed by atoms with Gasteiger partial charge in [-0.3, -0.25) is 0 Å². The SMILES string of the molecule is Clc1ccc2c(c1Oc1c(Cl)ccc3c1Cc1ccccc1-3)Cc1ccccc1-2. The number of rotatable bonds is 2. The van der Waals surface area contributed by atoms with Crippen LogP contribution in [0.1, 0.15) is 22.3 Å². The highest BCUT2D eigenvalue weighted by atomic mass is 35.5. The normalized spacial score (nSPS) is 12.9. The predicted octanol–water partition coefficient (Wildman–Crippen LogP) is 7.93. The van der Waals surface area contributed by atoms with Crippen molar-refractivity contribution in [2.45, 2.75) is 12.8 Å². The second kappa shape index (κ2) is 6.38. The Kier molecular flexibility index (Phi) is 3.77. The van der Waals surface area contributed by atoms with Crippen molar-refractivity contribution in [1.29, 1.82) is 0 Å². The minimum absolute atomic E-state index is 0.612. The molecule has 2 aliphatic rings. The van der Waals surface area contributed by atoms with Crippen LogP contribution < -0.4 is 4.74 Å². The van der Waals surface area contributed by atoms with Crippen LogP contribution in [0.15, 0.2) is 72.8 Å². The maximum absolute atomic E-state index is 6.63. The molecule has 2 aliphatic carbocycles. The lowest BCUT2D eigenvalue weighted by Gasteiger charge is -2.16. The summed E-state index contributed by atoms with van der Waals surface area (Å²) >= 11 is 13.3. The molecule has 0 atom stereocenters. The average Bonchev–Trinajstić information content (AvgIpc) is 3.30. The Labute approximate surface area is 179 Å². The van der Waals surface area contributed by atoms with Crippen molar-refractivity contribution in [2.24, 2.45) is 0 Å². The van der Waals surface area contributed by atoms with Gasteiger partial charge in [0.15, 0.2) is 0 Å². The number of ether oxygens (including phenoxy) is 1. The first kappa shape index (κ1) is 17.1.